The van der Waals surface area contributed by atoms with Crippen molar-refractivity contribution in [2.24, 2.45) is 5.84 Å². The SMILES string of the molecule is COC(=O)[N+](N)=C(c1ccccc1)c1ccccc1C(F)(F)SC. The summed E-state index contributed by atoms with van der Waals surface area (Å²) in [5.41, 5.74) is 0.605. The third kappa shape index (κ3) is 3.56. The van der Waals surface area contributed by atoms with Crippen molar-refractivity contribution in [3.05, 3.63) is 71.3 Å². The van der Waals surface area contributed by atoms with Gasteiger partial charge in [0.05, 0.1) is 12.7 Å². The van der Waals surface area contributed by atoms with Crippen LogP contribution >= 0.6 is 11.8 Å². The molecule has 0 spiro atoms. The lowest BCUT2D eigenvalue weighted by Crippen LogP contribution is -2.35. The molecule has 2 rings (SSSR count). The lowest BCUT2D eigenvalue weighted by atomic mass is 9.97. The zero-order chi connectivity index (χ0) is 17.7. The minimum Gasteiger partial charge on any atom is -0.413 e. The van der Waals surface area contributed by atoms with Crippen molar-refractivity contribution < 1.29 is 23.0 Å². The topological polar surface area (TPSA) is 55.3 Å². The van der Waals surface area contributed by atoms with Gasteiger partial charge in [0.2, 0.25) is 0 Å². The van der Waals surface area contributed by atoms with Gasteiger partial charge in [0.15, 0.2) is 0 Å². The fraction of sp³-hybridized carbons (Fsp3) is 0.176. The van der Waals surface area contributed by atoms with Crippen molar-refractivity contribution in [2.75, 3.05) is 13.4 Å². The van der Waals surface area contributed by atoms with Gasteiger partial charge in [-0.3, -0.25) is 0 Å². The number of methoxy groups -OCH3 is 1. The van der Waals surface area contributed by atoms with Gasteiger partial charge in [-0.05, 0) is 29.1 Å². The van der Waals surface area contributed by atoms with Gasteiger partial charge in [-0.2, -0.15) is 19.4 Å². The number of hydrazone groups is 1. The van der Waals surface area contributed by atoms with Crippen molar-refractivity contribution in [3.8, 4) is 0 Å². The lowest BCUT2D eigenvalue weighted by molar-refractivity contribution is -0.455. The number of carbonyl (C=O) groups is 1. The van der Waals surface area contributed by atoms with Crippen LogP contribution in [0.15, 0.2) is 54.6 Å². The number of carbonyl (C=O) groups excluding carboxylic acids is 1. The predicted molar refractivity (Wildman–Crippen MR) is 90.4 cm³/mol. The first kappa shape index (κ1) is 17.9. The average Bonchev–Trinajstić information content (AvgIpc) is 2.62. The maximum atomic E-state index is 14.3. The molecule has 4 nitrogen and oxygen atoms in total. The van der Waals surface area contributed by atoms with E-state index in [-0.39, 0.29) is 16.8 Å². The molecule has 126 valence electrons. The highest BCUT2D eigenvalue weighted by atomic mass is 32.2. The van der Waals surface area contributed by atoms with E-state index in [9.17, 15) is 13.6 Å². The molecule has 1 amide bonds. The Labute approximate surface area is 142 Å². The highest BCUT2D eigenvalue weighted by Gasteiger charge is 2.37. The van der Waals surface area contributed by atoms with E-state index < -0.39 is 11.3 Å². The van der Waals surface area contributed by atoms with E-state index in [2.05, 4.69) is 4.74 Å². The van der Waals surface area contributed by atoms with Gasteiger partial charge in [-0.15, -0.1) is 0 Å². The van der Waals surface area contributed by atoms with Crippen LogP contribution in [0.4, 0.5) is 13.6 Å². The molecular weight excluding hydrogens is 334 g/mol. The number of hydrogen-bond donors (Lipinski definition) is 1. The Kier molecular flexibility index (Phi) is 5.56. The molecule has 2 aromatic carbocycles. The van der Waals surface area contributed by atoms with Gasteiger partial charge >= 0.3 is 11.3 Å². The molecule has 0 bridgehead atoms. The number of nitrogens with two attached hydrogens (primary N) is 1. The third-order valence-corrected chi connectivity index (χ3v) is 4.14. The van der Waals surface area contributed by atoms with Crippen LogP contribution in [0.5, 0.6) is 0 Å². The molecule has 0 heterocycles. The van der Waals surface area contributed by atoms with Crippen LogP contribution in [0.2, 0.25) is 0 Å². The second kappa shape index (κ2) is 7.44. The van der Waals surface area contributed by atoms with Crippen LogP contribution in [0, 0.1) is 0 Å². The highest BCUT2D eigenvalue weighted by molar-refractivity contribution is 7.99. The zero-order valence-corrected chi connectivity index (χ0v) is 14.0. The summed E-state index contributed by atoms with van der Waals surface area (Å²) in [4.78, 5) is 11.9. The zero-order valence-electron chi connectivity index (χ0n) is 13.2. The molecule has 0 fully saturated rings. The molecule has 0 saturated carbocycles. The first-order valence-corrected chi connectivity index (χ1v) is 8.23. The minimum atomic E-state index is -3.13. The molecule has 0 unspecified atom stereocenters. The van der Waals surface area contributed by atoms with E-state index in [0.717, 1.165) is 4.68 Å². The van der Waals surface area contributed by atoms with Crippen molar-refractivity contribution >= 4 is 23.6 Å². The monoisotopic (exact) mass is 351 g/mol. The molecule has 0 aliphatic heterocycles. The minimum absolute atomic E-state index is 0.145. The average molecular weight is 351 g/mol. The fourth-order valence-corrected chi connectivity index (χ4v) is 2.66. The number of halogens is 2. The Morgan fingerprint density at radius 3 is 2.29 bits per heavy atom. The van der Waals surface area contributed by atoms with Crippen LogP contribution in [0.3, 0.4) is 0 Å². The maximum absolute atomic E-state index is 14.3. The van der Waals surface area contributed by atoms with Crippen LogP contribution in [-0.4, -0.2) is 29.9 Å². The second-order valence-electron chi connectivity index (χ2n) is 4.82. The Morgan fingerprint density at radius 1 is 1.12 bits per heavy atom. The summed E-state index contributed by atoms with van der Waals surface area (Å²) in [5, 5.41) is -3.13. The standard InChI is InChI=1S/C17H17F2N2O2S/c1-23-16(22)21(20)15(12-8-4-3-5-9-12)13-10-6-7-11-14(13)17(18,19)24-2/h3-11H,20H2,1-2H3/q+1. The molecule has 0 aliphatic carbocycles. The van der Waals surface area contributed by atoms with Gasteiger partial charge in [-0.1, -0.05) is 48.2 Å². The van der Waals surface area contributed by atoms with Gasteiger partial charge in [0.25, 0.3) is 5.71 Å². The van der Waals surface area contributed by atoms with Crippen molar-refractivity contribution in [2.45, 2.75) is 5.25 Å². The third-order valence-electron chi connectivity index (χ3n) is 3.41. The summed E-state index contributed by atoms with van der Waals surface area (Å²) in [6.45, 7) is 0. The van der Waals surface area contributed by atoms with E-state index in [1.807, 2.05) is 0 Å². The number of hydrogen-bond acceptors (Lipinski definition) is 4. The number of thioether (sulfide) groups is 1. The molecular formula is C17H17F2N2O2S+. The Balaban J connectivity index is 2.78. The largest absolute Gasteiger partial charge is 0.626 e. The molecule has 0 aliphatic rings. The normalized spacial score (nSPS) is 12.5. The molecule has 0 radical (unpaired) electrons. The molecule has 0 aromatic heterocycles. The van der Waals surface area contributed by atoms with Crippen LogP contribution < -0.4 is 5.84 Å². The number of rotatable bonds is 4. The van der Waals surface area contributed by atoms with Gasteiger partial charge in [0.1, 0.15) is 0 Å². The van der Waals surface area contributed by atoms with Crippen molar-refractivity contribution in [1.29, 1.82) is 0 Å². The maximum Gasteiger partial charge on any atom is 0.626 e. The Bertz CT molecular complexity index is 764. The summed E-state index contributed by atoms with van der Waals surface area (Å²) >= 11 is 0.411. The van der Waals surface area contributed by atoms with Crippen LogP contribution in [0.1, 0.15) is 16.7 Å². The van der Waals surface area contributed by atoms with Gasteiger partial charge in [-0.25, -0.2) is 0 Å². The van der Waals surface area contributed by atoms with Crippen molar-refractivity contribution in [3.63, 3.8) is 0 Å². The Hall–Kier alpha value is -2.41. The van der Waals surface area contributed by atoms with Crippen molar-refractivity contribution in [1.82, 2.24) is 0 Å². The summed E-state index contributed by atoms with van der Waals surface area (Å²) in [5.74, 6) is 5.86. The fourth-order valence-electron chi connectivity index (χ4n) is 2.26. The summed E-state index contributed by atoms with van der Waals surface area (Å²) in [7, 11) is 1.17. The van der Waals surface area contributed by atoms with Gasteiger partial charge in [0, 0.05) is 11.1 Å². The number of amides is 1. The number of alkyl halides is 2. The van der Waals surface area contributed by atoms with E-state index >= 15 is 0 Å². The lowest BCUT2D eigenvalue weighted by Gasteiger charge is -2.17. The van der Waals surface area contributed by atoms with Gasteiger partial charge < -0.3 is 4.74 Å². The predicted octanol–water partition coefficient (Wildman–Crippen LogP) is 3.59. The van der Waals surface area contributed by atoms with E-state index in [1.165, 1.54) is 31.6 Å². The Morgan fingerprint density at radius 2 is 1.71 bits per heavy atom. The second-order valence-corrected chi connectivity index (χ2v) is 5.74. The molecule has 0 atom stereocenters. The first-order valence-electron chi connectivity index (χ1n) is 7.00. The molecule has 2 aromatic rings. The molecule has 7 heteroatoms. The smallest absolute Gasteiger partial charge is 0.413 e. The molecule has 24 heavy (non-hydrogen) atoms. The number of ether oxygens (including phenoxy) is 1. The number of benzene rings is 2. The summed E-state index contributed by atoms with van der Waals surface area (Å²) in [6, 6.07) is 14.6. The number of hydrazine groups is 1. The summed E-state index contributed by atoms with van der Waals surface area (Å²) in [6.07, 6.45) is 0.468. The van der Waals surface area contributed by atoms with E-state index in [4.69, 9.17) is 5.84 Å². The highest BCUT2D eigenvalue weighted by Crippen LogP contribution is 2.40. The van der Waals surface area contributed by atoms with Crippen LogP contribution in [-0.2, 0) is 9.99 Å². The first-order chi connectivity index (χ1) is 11.4. The number of nitrogens with zero attached hydrogens (tertiary/aromatic N) is 1. The molecule has 2 N–H and O–H groups in total. The molecule has 0 saturated heterocycles. The summed E-state index contributed by atoms with van der Waals surface area (Å²) < 4.78 is 34.1. The van der Waals surface area contributed by atoms with E-state index in [0.29, 0.717) is 17.3 Å². The van der Waals surface area contributed by atoms with Crippen LogP contribution in [0.25, 0.3) is 0 Å². The van der Waals surface area contributed by atoms with E-state index in [1.54, 1.807) is 36.4 Å². The quantitative estimate of drug-likeness (QED) is 0.301.